The first-order valence-corrected chi connectivity index (χ1v) is 4.14. The molecule has 0 aliphatic rings. The molecule has 3 nitrogen and oxygen atoms in total. The summed E-state index contributed by atoms with van der Waals surface area (Å²) in [6.07, 6.45) is 0.000509. The molecule has 0 aromatic carbocycles. The highest BCUT2D eigenvalue weighted by molar-refractivity contribution is 7.10. The number of aliphatic carboxylic acids is 1. The molecule has 11 heavy (non-hydrogen) atoms. The second kappa shape index (κ2) is 3.50. The highest BCUT2D eigenvalue weighted by atomic mass is 32.1. The van der Waals surface area contributed by atoms with E-state index in [1.165, 1.54) is 11.3 Å². The fourth-order valence-electron chi connectivity index (χ4n) is 0.825. The number of hydrogen-bond donors (Lipinski definition) is 1. The minimum Gasteiger partial charge on any atom is -0.550 e. The van der Waals surface area contributed by atoms with Crippen molar-refractivity contribution in [3.8, 4) is 0 Å². The predicted octanol–water partition coefficient (Wildman–Crippen LogP) is -0.829. The maximum Gasteiger partial charge on any atom is 0.125 e. The van der Waals surface area contributed by atoms with Gasteiger partial charge in [-0.05, 0) is 11.4 Å². The number of rotatable bonds is 3. The quantitative estimate of drug-likeness (QED) is 0.645. The van der Waals surface area contributed by atoms with Gasteiger partial charge < -0.3 is 15.6 Å². The van der Waals surface area contributed by atoms with Crippen molar-refractivity contribution in [3.05, 3.63) is 22.4 Å². The van der Waals surface area contributed by atoms with E-state index in [0.29, 0.717) is 0 Å². The average molecular weight is 171 g/mol. The zero-order valence-electron chi connectivity index (χ0n) is 5.95. The lowest BCUT2D eigenvalue weighted by molar-refractivity contribution is -0.429. The summed E-state index contributed by atoms with van der Waals surface area (Å²) in [4.78, 5) is 11.2. The van der Waals surface area contributed by atoms with E-state index in [0.717, 1.165) is 4.88 Å². The normalized spacial score (nSPS) is 12.8. The summed E-state index contributed by atoms with van der Waals surface area (Å²) >= 11 is 1.52. The first-order valence-electron chi connectivity index (χ1n) is 3.26. The van der Waals surface area contributed by atoms with Crippen LogP contribution in [0, 0.1) is 0 Å². The van der Waals surface area contributed by atoms with Crippen molar-refractivity contribution in [2.75, 3.05) is 0 Å². The molecule has 0 unspecified atom stereocenters. The van der Waals surface area contributed by atoms with Crippen molar-refractivity contribution in [1.82, 2.24) is 0 Å². The molecule has 4 heteroatoms. The largest absolute Gasteiger partial charge is 0.550 e. The van der Waals surface area contributed by atoms with Gasteiger partial charge in [0.15, 0.2) is 0 Å². The van der Waals surface area contributed by atoms with Crippen LogP contribution in [-0.2, 0) is 4.79 Å². The monoisotopic (exact) mass is 171 g/mol. The van der Waals surface area contributed by atoms with Gasteiger partial charge in [0.2, 0.25) is 0 Å². The molecule has 0 bridgehead atoms. The van der Waals surface area contributed by atoms with E-state index in [1.54, 1.807) is 0 Å². The molecule has 60 valence electrons. The Morgan fingerprint density at radius 3 is 3.00 bits per heavy atom. The third-order valence-corrected chi connectivity index (χ3v) is 2.39. The number of carbonyl (C=O) groups excluding carboxylic acids is 1. The highest BCUT2D eigenvalue weighted by Crippen LogP contribution is 2.16. The molecule has 0 aliphatic carbocycles. The van der Waals surface area contributed by atoms with Crippen LogP contribution in [0.5, 0.6) is 0 Å². The number of carbonyl (C=O) groups is 1. The van der Waals surface area contributed by atoms with E-state index < -0.39 is 5.97 Å². The Kier molecular flexibility index (Phi) is 2.62. The Labute approximate surface area is 68.5 Å². The maximum absolute atomic E-state index is 10.2. The van der Waals surface area contributed by atoms with Crippen molar-refractivity contribution in [2.24, 2.45) is 0 Å². The molecule has 3 N–H and O–H groups in total. The molecule has 0 aliphatic heterocycles. The van der Waals surface area contributed by atoms with Crippen LogP contribution in [0.4, 0.5) is 0 Å². The molecule has 1 heterocycles. The summed E-state index contributed by atoms with van der Waals surface area (Å²) < 4.78 is 0. The molecule has 1 aromatic heterocycles. The number of quaternary nitrogens is 1. The third kappa shape index (κ3) is 2.32. The number of carboxylic acid groups (broad SMARTS) is 1. The minimum absolute atomic E-state index is 0.000509. The van der Waals surface area contributed by atoms with Crippen LogP contribution in [0.1, 0.15) is 17.3 Å². The van der Waals surface area contributed by atoms with E-state index in [-0.39, 0.29) is 12.5 Å². The molecular formula is C7H9NO2S. The molecule has 0 amide bonds. The SMILES string of the molecule is [NH3+][C@H](CC(=O)[O-])c1cccs1. The van der Waals surface area contributed by atoms with E-state index in [9.17, 15) is 9.90 Å². The topological polar surface area (TPSA) is 67.8 Å². The van der Waals surface area contributed by atoms with Crippen molar-refractivity contribution in [3.63, 3.8) is 0 Å². The van der Waals surface area contributed by atoms with Gasteiger partial charge in [0.05, 0.1) is 4.88 Å². The van der Waals surface area contributed by atoms with Crippen molar-refractivity contribution in [2.45, 2.75) is 12.5 Å². The highest BCUT2D eigenvalue weighted by Gasteiger charge is 2.09. The van der Waals surface area contributed by atoms with E-state index >= 15 is 0 Å². The van der Waals surface area contributed by atoms with Crippen molar-refractivity contribution >= 4 is 17.3 Å². The molecule has 0 fully saturated rings. The maximum atomic E-state index is 10.2. The fourth-order valence-corrected chi connectivity index (χ4v) is 1.57. The van der Waals surface area contributed by atoms with Crippen LogP contribution in [-0.4, -0.2) is 5.97 Å². The predicted molar refractivity (Wildman–Crippen MR) is 39.6 cm³/mol. The Bertz CT molecular complexity index is 233. The Morgan fingerprint density at radius 1 is 1.82 bits per heavy atom. The molecule has 1 aromatic rings. The van der Waals surface area contributed by atoms with Gasteiger partial charge in [-0.15, -0.1) is 11.3 Å². The summed E-state index contributed by atoms with van der Waals surface area (Å²) in [7, 11) is 0. The summed E-state index contributed by atoms with van der Waals surface area (Å²) in [6, 6.07) is 3.60. The van der Waals surface area contributed by atoms with Crippen LogP contribution in [0.2, 0.25) is 0 Å². The summed E-state index contributed by atoms with van der Waals surface area (Å²) in [6.45, 7) is 0. The van der Waals surface area contributed by atoms with Crippen LogP contribution in [0.3, 0.4) is 0 Å². The van der Waals surface area contributed by atoms with Gasteiger partial charge in [0.1, 0.15) is 6.04 Å². The zero-order valence-corrected chi connectivity index (χ0v) is 6.76. The first-order chi connectivity index (χ1) is 5.20. The van der Waals surface area contributed by atoms with Gasteiger partial charge in [-0.25, -0.2) is 0 Å². The number of carboxylic acids is 1. The summed E-state index contributed by atoms with van der Waals surface area (Å²) in [5.41, 5.74) is 3.71. The number of thiophene rings is 1. The summed E-state index contributed by atoms with van der Waals surface area (Å²) in [5.74, 6) is -1.04. The van der Waals surface area contributed by atoms with Gasteiger partial charge in [0.25, 0.3) is 0 Å². The molecule has 0 radical (unpaired) electrons. The van der Waals surface area contributed by atoms with E-state index in [4.69, 9.17) is 0 Å². The molecule has 0 spiro atoms. The van der Waals surface area contributed by atoms with Gasteiger partial charge >= 0.3 is 0 Å². The fraction of sp³-hybridized carbons (Fsp3) is 0.286. The van der Waals surface area contributed by atoms with Crippen LogP contribution < -0.4 is 10.8 Å². The zero-order chi connectivity index (χ0) is 8.27. The summed E-state index contributed by atoms with van der Waals surface area (Å²) in [5, 5.41) is 12.1. The second-order valence-corrected chi connectivity index (χ2v) is 3.27. The standard InChI is InChI=1S/C7H9NO2S/c8-5(4-7(9)10)6-2-1-3-11-6/h1-3,5H,4,8H2,(H,9,10)/t5-/m1/s1. The lowest BCUT2D eigenvalue weighted by atomic mass is 10.2. The van der Waals surface area contributed by atoms with Gasteiger partial charge in [0, 0.05) is 12.4 Å². The Balaban J connectivity index is 2.56. The molecule has 1 rings (SSSR count). The smallest absolute Gasteiger partial charge is 0.125 e. The number of hydrogen-bond acceptors (Lipinski definition) is 3. The van der Waals surface area contributed by atoms with Gasteiger partial charge in [-0.2, -0.15) is 0 Å². The van der Waals surface area contributed by atoms with Crippen LogP contribution in [0.25, 0.3) is 0 Å². The molecule has 0 saturated carbocycles. The minimum atomic E-state index is -1.04. The van der Waals surface area contributed by atoms with Crippen LogP contribution >= 0.6 is 11.3 Å². The first kappa shape index (κ1) is 8.23. The van der Waals surface area contributed by atoms with Crippen molar-refractivity contribution < 1.29 is 15.6 Å². The van der Waals surface area contributed by atoms with E-state index in [2.05, 4.69) is 5.73 Å². The lowest BCUT2D eigenvalue weighted by Crippen LogP contribution is -2.55. The molecule has 1 atom stereocenters. The van der Waals surface area contributed by atoms with Gasteiger partial charge in [-0.3, -0.25) is 0 Å². The Hall–Kier alpha value is -0.870. The lowest BCUT2D eigenvalue weighted by Gasteiger charge is -2.05. The third-order valence-electron chi connectivity index (χ3n) is 1.36. The van der Waals surface area contributed by atoms with E-state index in [1.807, 2.05) is 17.5 Å². The molecule has 0 saturated heterocycles. The Morgan fingerprint density at radius 2 is 2.55 bits per heavy atom. The molecular weight excluding hydrogens is 162 g/mol. The van der Waals surface area contributed by atoms with Crippen LogP contribution in [0.15, 0.2) is 17.5 Å². The van der Waals surface area contributed by atoms with Crippen molar-refractivity contribution in [1.29, 1.82) is 0 Å². The second-order valence-electron chi connectivity index (χ2n) is 2.29. The average Bonchev–Trinajstić information content (AvgIpc) is 2.35. The van der Waals surface area contributed by atoms with Gasteiger partial charge in [-0.1, -0.05) is 6.07 Å².